The Morgan fingerprint density at radius 1 is 1.03 bits per heavy atom. The summed E-state index contributed by atoms with van der Waals surface area (Å²) in [7, 11) is 0. The summed E-state index contributed by atoms with van der Waals surface area (Å²) in [5.74, 6) is 0.520. The molecule has 1 aliphatic heterocycles. The molecule has 0 radical (unpaired) electrons. The van der Waals surface area contributed by atoms with Crippen molar-refractivity contribution < 1.29 is 9.18 Å². The number of hydrogen-bond donors (Lipinski definition) is 1. The highest BCUT2D eigenvalue weighted by Crippen LogP contribution is 2.33. The van der Waals surface area contributed by atoms with Crippen LogP contribution in [0.1, 0.15) is 27.3 Å². The van der Waals surface area contributed by atoms with Gasteiger partial charge in [0.2, 0.25) is 0 Å². The molecule has 2 heterocycles. The molecular weight excluding hydrogens is 379 g/mol. The molecule has 0 aliphatic carbocycles. The molecule has 148 valence electrons. The summed E-state index contributed by atoms with van der Waals surface area (Å²) in [5.41, 5.74) is 5.53. The lowest BCUT2D eigenvalue weighted by Crippen LogP contribution is -2.28. The van der Waals surface area contributed by atoms with Crippen molar-refractivity contribution in [1.29, 1.82) is 0 Å². The normalized spacial score (nSPS) is 12.8. The van der Waals surface area contributed by atoms with Crippen molar-refractivity contribution in [1.82, 2.24) is 15.2 Å². The minimum atomic E-state index is -0.253. The average Bonchev–Trinajstić information content (AvgIpc) is 3.43. The van der Waals surface area contributed by atoms with E-state index in [1.807, 2.05) is 47.4 Å². The quantitative estimate of drug-likeness (QED) is 0.554. The van der Waals surface area contributed by atoms with Crippen LogP contribution in [0, 0.1) is 5.82 Å². The number of nitrogens with one attached hydrogen (secondary N) is 1. The van der Waals surface area contributed by atoms with Crippen LogP contribution >= 0.6 is 0 Å². The van der Waals surface area contributed by atoms with Crippen LogP contribution in [0.2, 0.25) is 0 Å². The molecule has 5 nitrogen and oxygen atoms in total. The van der Waals surface area contributed by atoms with Crippen molar-refractivity contribution in [2.45, 2.75) is 12.8 Å². The Labute approximate surface area is 173 Å². The molecule has 5 rings (SSSR count). The molecule has 0 saturated carbocycles. The van der Waals surface area contributed by atoms with E-state index < -0.39 is 0 Å². The monoisotopic (exact) mass is 398 g/mol. The third-order valence-electron chi connectivity index (χ3n) is 5.42. The molecule has 0 atom stereocenters. The van der Waals surface area contributed by atoms with Gasteiger partial charge in [-0.05, 0) is 65.1 Å². The number of carbonyl (C=O) groups is 1. The molecule has 3 aromatic carbocycles. The van der Waals surface area contributed by atoms with Gasteiger partial charge in [0.15, 0.2) is 0 Å². The molecule has 4 aromatic rings. The highest BCUT2D eigenvalue weighted by atomic mass is 19.1. The second-order valence-electron chi connectivity index (χ2n) is 7.37. The first-order chi connectivity index (χ1) is 14.7. The van der Waals surface area contributed by atoms with E-state index in [0.717, 1.165) is 40.2 Å². The number of rotatable bonds is 4. The maximum absolute atomic E-state index is 13.6. The largest absolute Gasteiger partial charge is 0.308 e. The van der Waals surface area contributed by atoms with E-state index in [9.17, 15) is 9.18 Å². The molecule has 0 fully saturated rings. The smallest absolute Gasteiger partial charge is 0.258 e. The Hall–Kier alpha value is -3.80. The highest BCUT2D eigenvalue weighted by Gasteiger charge is 2.26. The van der Waals surface area contributed by atoms with Gasteiger partial charge in [0.05, 0.1) is 0 Å². The molecule has 30 heavy (non-hydrogen) atoms. The summed E-state index contributed by atoms with van der Waals surface area (Å²) in [5, 5.41) is 6.69. The fraction of sp³-hybridized carbons (Fsp3) is 0.125. The minimum Gasteiger partial charge on any atom is -0.308 e. The lowest BCUT2D eigenvalue weighted by molar-refractivity contribution is 0.0989. The van der Waals surface area contributed by atoms with Crippen LogP contribution in [0.5, 0.6) is 0 Å². The van der Waals surface area contributed by atoms with Crippen LogP contribution in [0.25, 0.3) is 11.1 Å². The van der Waals surface area contributed by atoms with Crippen LogP contribution < -0.4 is 4.90 Å². The summed E-state index contributed by atoms with van der Waals surface area (Å²) in [6.07, 6.45) is 2.91. The highest BCUT2D eigenvalue weighted by molar-refractivity contribution is 6.07. The van der Waals surface area contributed by atoms with Gasteiger partial charge in [-0.25, -0.2) is 9.37 Å². The molecule has 1 aliphatic rings. The lowest BCUT2D eigenvalue weighted by Gasteiger charge is -2.18. The van der Waals surface area contributed by atoms with Crippen LogP contribution in [-0.4, -0.2) is 27.6 Å². The second-order valence-corrected chi connectivity index (χ2v) is 7.37. The van der Waals surface area contributed by atoms with Crippen molar-refractivity contribution in [2.24, 2.45) is 0 Å². The Kier molecular flexibility index (Phi) is 4.59. The topological polar surface area (TPSA) is 61.9 Å². The van der Waals surface area contributed by atoms with Gasteiger partial charge in [-0.1, -0.05) is 30.3 Å². The maximum Gasteiger partial charge on any atom is 0.258 e. The average molecular weight is 398 g/mol. The maximum atomic E-state index is 13.6. The van der Waals surface area contributed by atoms with Gasteiger partial charge in [0.1, 0.15) is 18.0 Å². The number of benzene rings is 3. The van der Waals surface area contributed by atoms with Crippen molar-refractivity contribution in [2.75, 3.05) is 11.4 Å². The molecular formula is C24H19FN4O. The second kappa shape index (κ2) is 7.55. The van der Waals surface area contributed by atoms with Crippen molar-refractivity contribution in [3.8, 4) is 11.1 Å². The summed E-state index contributed by atoms with van der Waals surface area (Å²) < 4.78 is 13.6. The van der Waals surface area contributed by atoms with Gasteiger partial charge >= 0.3 is 0 Å². The molecule has 1 amide bonds. The molecule has 6 heteroatoms. The number of carbonyl (C=O) groups excluding carboxylic acids is 1. The molecule has 0 saturated heterocycles. The van der Waals surface area contributed by atoms with Crippen molar-refractivity contribution >= 4 is 11.6 Å². The minimum absolute atomic E-state index is 0.0153. The van der Waals surface area contributed by atoms with Gasteiger partial charge in [0.25, 0.3) is 5.91 Å². The van der Waals surface area contributed by atoms with E-state index in [1.165, 1.54) is 18.5 Å². The van der Waals surface area contributed by atoms with Crippen LogP contribution in [0.15, 0.2) is 73.1 Å². The number of aromatic amines is 1. The summed E-state index contributed by atoms with van der Waals surface area (Å²) >= 11 is 0. The van der Waals surface area contributed by atoms with E-state index in [1.54, 1.807) is 6.07 Å². The molecule has 0 spiro atoms. The standard InChI is InChI=1S/C24H19FN4O/c25-21-3-1-2-18(14-21)19-8-9-22-20(13-19)10-11-29(22)24(30)17-6-4-16(5-7-17)12-23-26-15-27-28-23/h1-9,13-15H,10-12H2,(H,26,27,28). The number of hydrogen-bond acceptors (Lipinski definition) is 3. The van der Waals surface area contributed by atoms with Gasteiger partial charge in [-0.2, -0.15) is 5.10 Å². The zero-order valence-corrected chi connectivity index (χ0v) is 16.2. The van der Waals surface area contributed by atoms with Gasteiger partial charge in [-0.3, -0.25) is 9.89 Å². The predicted octanol–water partition coefficient (Wildman–Crippen LogP) is 4.40. The van der Waals surface area contributed by atoms with E-state index in [0.29, 0.717) is 18.5 Å². The number of fused-ring (bicyclic) bond motifs is 1. The fourth-order valence-electron chi connectivity index (χ4n) is 3.89. The summed E-state index contributed by atoms with van der Waals surface area (Å²) in [6, 6.07) is 20.1. The van der Waals surface area contributed by atoms with E-state index in [-0.39, 0.29) is 11.7 Å². The Morgan fingerprint density at radius 2 is 1.87 bits per heavy atom. The van der Waals surface area contributed by atoms with E-state index in [2.05, 4.69) is 21.2 Å². The molecule has 1 N–H and O–H groups in total. The van der Waals surface area contributed by atoms with Crippen LogP contribution in [0.4, 0.5) is 10.1 Å². The first kappa shape index (κ1) is 18.2. The SMILES string of the molecule is O=C(c1ccc(Cc2ncn[nH]2)cc1)N1CCc2cc(-c3cccc(F)c3)ccc21. The number of H-pyrrole nitrogens is 1. The molecule has 0 unspecified atom stereocenters. The zero-order valence-electron chi connectivity index (χ0n) is 16.2. The summed E-state index contributed by atoms with van der Waals surface area (Å²) in [4.78, 5) is 19.0. The third-order valence-corrected chi connectivity index (χ3v) is 5.42. The number of halogens is 1. The number of aromatic nitrogens is 3. The number of nitrogens with zero attached hydrogens (tertiary/aromatic N) is 3. The van der Waals surface area contributed by atoms with Gasteiger partial charge < -0.3 is 4.90 Å². The number of anilines is 1. The van der Waals surface area contributed by atoms with E-state index >= 15 is 0 Å². The van der Waals surface area contributed by atoms with Gasteiger partial charge in [-0.15, -0.1) is 0 Å². The van der Waals surface area contributed by atoms with Crippen molar-refractivity contribution in [3.63, 3.8) is 0 Å². The van der Waals surface area contributed by atoms with Gasteiger partial charge in [0, 0.05) is 24.2 Å². The fourth-order valence-corrected chi connectivity index (χ4v) is 3.89. The Balaban J connectivity index is 1.35. The lowest BCUT2D eigenvalue weighted by atomic mass is 10.0. The first-order valence-electron chi connectivity index (χ1n) is 9.81. The molecule has 1 aromatic heterocycles. The third kappa shape index (κ3) is 3.48. The number of amides is 1. The molecule has 0 bridgehead atoms. The Morgan fingerprint density at radius 3 is 2.63 bits per heavy atom. The van der Waals surface area contributed by atoms with Crippen LogP contribution in [-0.2, 0) is 12.8 Å². The van der Waals surface area contributed by atoms with Crippen molar-refractivity contribution in [3.05, 3.63) is 101 Å². The summed E-state index contributed by atoms with van der Waals surface area (Å²) in [6.45, 7) is 0.639. The van der Waals surface area contributed by atoms with Crippen LogP contribution in [0.3, 0.4) is 0 Å². The first-order valence-corrected chi connectivity index (χ1v) is 9.81. The zero-order chi connectivity index (χ0) is 20.5. The van der Waals surface area contributed by atoms with E-state index in [4.69, 9.17) is 0 Å². The predicted molar refractivity (Wildman–Crippen MR) is 113 cm³/mol. The Bertz CT molecular complexity index is 1200.